The highest BCUT2D eigenvalue weighted by Gasteiger charge is 2.23. The molecule has 22 heavy (non-hydrogen) atoms. The van der Waals surface area contributed by atoms with Crippen LogP contribution in [0.3, 0.4) is 0 Å². The van der Waals surface area contributed by atoms with Crippen molar-refractivity contribution in [3.05, 3.63) is 35.1 Å². The van der Waals surface area contributed by atoms with E-state index < -0.39 is 47.9 Å². The number of amides is 1. The van der Waals surface area contributed by atoms with E-state index in [-0.39, 0.29) is 5.56 Å². The number of alkyl carbamates (subject to hydrolysis) is 1. The molecule has 1 amide bonds. The van der Waals surface area contributed by atoms with Gasteiger partial charge in [0.25, 0.3) is 0 Å². The Morgan fingerprint density at radius 3 is 2.18 bits per heavy atom. The molecule has 5 nitrogen and oxygen atoms in total. The van der Waals surface area contributed by atoms with E-state index >= 15 is 0 Å². The Kier molecular flexibility index (Phi) is 5.78. The number of carbonyl (C=O) groups is 1. The van der Waals surface area contributed by atoms with Gasteiger partial charge in [-0.2, -0.15) is 0 Å². The molecule has 0 aromatic heterocycles. The molecule has 3 N–H and O–H groups in total. The fraction of sp³-hybridized carbons (Fsp3) is 0.500. The highest BCUT2D eigenvalue weighted by molar-refractivity contribution is 5.67. The predicted molar refractivity (Wildman–Crippen MR) is 71.5 cm³/mol. The summed E-state index contributed by atoms with van der Waals surface area (Å²) < 4.78 is 43.9. The van der Waals surface area contributed by atoms with Crippen LogP contribution in [0, 0.1) is 17.5 Å². The summed E-state index contributed by atoms with van der Waals surface area (Å²) in [6.07, 6.45) is -4.09. The van der Waals surface area contributed by atoms with Crippen molar-refractivity contribution in [2.45, 2.75) is 38.6 Å². The number of aliphatic hydroxyl groups excluding tert-OH is 2. The number of nitrogens with one attached hydrogen (secondary N) is 1. The lowest BCUT2D eigenvalue weighted by molar-refractivity contribution is 0.0126. The Hall–Kier alpha value is -1.80. The van der Waals surface area contributed by atoms with Gasteiger partial charge in [-0.3, -0.25) is 0 Å². The maximum Gasteiger partial charge on any atom is 0.407 e. The average molecular weight is 321 g/mol. The van der Waals surface area contributed by atoms with E-state index in [2.05, 4.69) is 5.32 Å². The Balaban J connectivity index is 2.66. The van der Waals surface area contributed by atoms with Crippen molar-refractivity contribution in [3.63, 3.8) is 0 Å². The SMILES string of the molecule is CC(C)(C)OC(=O)NCC(O)C(O)c1cc(F)c(F)c(F)c1. The smallest absolute Gasteiger partial charge is 0.407 e. The zero-order valence-corrected chi connectivity index (χ0v) is 12.4. The Bertz CT molecular complexity index is 522. The second-order valence-corrected chi connectivity index (χ2v) is 5.69. The van der Waals surface area contributed by atoms with Gasteiger partial charge in [0, 0.05) is 6.54 Å². The minimum absolute atomic E-state index is 0.352. The fourth-order valence-corrected chi connectivity index (χ4v) is 1.58. The number of aliphatic hydroxyl groups is 2. The summed E-state index contributed by atoms with van der Waals surface area (Å²) in [5.41, 5.74) is -1.09. The van der Waals surface area contributed by atoms with Crippen LogP contribution in [0.15, 0.2) is 12.1 Å². The van der Waals surface area contributed by atoms with Crippen LogP contribution in [-0.4, -0.2) is 34.6 Å². The Labute approximate surface area is 125 Å². The normalized spacial score (nSPS) is 14.4. The molecule has 0 radical (unpaired) electrons. The van der Waals surface area contributed by atoms with Gasteiger partial charge in [0.2, 0.25) is 0 Å². The topological polar surface area (TPSA) is 78.8 Å². The van der Waals surface area contributed by atoms with Crippen LogP contribution >= 0.6 is 0 Å². The third kappa shape index (κ3) is 5.19. The third-order valence-corrected chi connectivity index (χ3v) is 2.57. The summed E-state index contributed by atoms with van der Waals surface area (Å²) in [5.74, 6) is -4.64. The fourth-order valence-electron chi connectivity index (χ4n) is 1.58. The van der Waals surface area contributed by atoms with Gasteiger partial charge in [0.15, 0.2) is 17.5 Å². The molecule has 0 bridgehead atoms. The van der Waals surface area contributed by atoms with Crippen molar-refractivity contribution in [2.75, 3.05) is 6.54 Å². The van der Waals surface area contributed by atoms with Crippen LogP contribution in [0.1, 0.15) is 32.4 Å². The molecular formula is C14H18F3NO4. The second-order valence-electron chi connectivity index (χ2n) is 5.69. The molecule has 2 atom stereocenters. The third-order valence-electron chi connectivity index (χ3n) is 2.57. The molecule has 1 aromatic rings. The van der Waals surface area contributed by atoms with Gasteiger partial charge in [-0.25, -0.2) is 18.0 Å². The van der Waals surface area contributed by atoms with E-state index in [1.54, 1.807) is 20.8 Å². The van der Waals surface area contributed by atoms with Crippen LogP contribution in [0.25, 0.3) is 0 Å². The van der Waals surface area contributed by atoms with Gasteiger partial charge in [-0.1, -0.05) is 0 Å². The predicted octanol–water partition coefficient (Wildman–Crippen LogP) is 2.02. The van der Waals surface area contributed by atoms with E-state index in [0.717, 1.165) is 0 Å². The summed E-state index contributed by atoms with van der Waals surface area (Å²) in [6.45, 7) is 4.50. The molecule has 0 saturated heterocycles. The molecule has 0 aliphatic heterocycles. The highest BCUT2D eigenvalue weighted by atomic mass is 19.2. The Morgan fingerprint density at radius 2 is 1.73 bits per heavy atom. The number of carbonyl (C=O) groups excluding carboxylic acids is 1. The first-order valence-electron chi connectivity index (χ1n) is 6.48. The van der Waals surface area contributed by atoms with E-state index in [9.17, 15) is 28.2 Å². The lowest BCUT2D eigenvalue weighted by atomic mass is 10.0. The van der Waals surface area contributed by atoms with Crippen molar-refractivity contribution >= 4 is 6.09 Å². The summed E-state index contributed by atoms with van der Waals surface area (Å²) in [7, 11) is 0. The number of ether oxygens (including phenoxy) is 1. The quantitative estimate of drug-likeness (QED) is 0.742. The lowest BCUT2D eigenvalue weighted by Gasteiger charge is -2.22. The van der Waals surface area contributed by atoms with Gasteiger partial charge in [-0.15, -0.1) is 0 Å². The zero-order chi connectivity index (χ0) is 17.1. The van der Waals surface area contributed by atoms with Gasteiger partial charge >= 0.3 is 6.09 Å². The molecule has 2 unspecified atom stereocenters. The highest BCUT2D eigenvalue weighted by Crippen LogP contribution is 2.21. The van der Waals surface area contributed by atoms with Crippen LogP contribution in [-0.2, 0) is 4.74 Å². The van der Waals surface area contributed by atoms with Crippen LogP contribution in [0.5, 0.6) is 0 Å². The van der Waals surface area contributed by atoms with E-state index in [1.165, 1.54) is 0 Å². The van der Waals surface area contributed by atoms with E-state index in [1.807, 2.05) is 0 Å². The van der Waals surface area contributed by atoms with E-state index in [0.29, 0.717) is 12.1 Å². The van der Waals surface area contributed by atoms with Gasteiger partial charge in [-0.05, 0) is 38.5 Å². The van der Waals surface area contributed by atoms with Crippen molar-refractivity contribution in [3.8, 4) is 0 Å². The molecule has 8 heteroatoms. The maximum atomic E-state index is 13.1. The number of benzene rings is 1. The van der Waals surface area contributed by atoms with Crippen molar-refractivity contribution in [1.82, 2.24) is 5.32 Å². The Morgan fingerprint density at radius 1 is 1.23 bits per heavy atom. The standard InChI is InChI=1S/C14H18F3NO4/c1-14(2,3)22-13(21)18-6-10(19)12(20)7-4-8(15)11(17)9(16)5-7/h4-5,10,12,19-20H,6H2,1-3H3,(H,18,21). The van der Waals surface area contributed by atoms with Gasteiger partial charge in [0.05, 0.1) is 0 Å². The molecule has 0 saturated carbocycles. The number of hydrogen-bond acceptors (Lipinski definition) is 4. The van der Waals surface area contributed by atoms with Crippen LogP contribution in [0.4, 0.5) is 18.0 Å². The molecule has 124 valence electrons. The summed E-state index contributed by atoms with van der Waals surface area (Å²) >= 11 is 0. The molecule has 1 rings (SSSR count). The zero-order valence-electron chi connectivity index (χ0n) is 12.4. The lowest BCUT2D eigenvalue weighted by Crippen LogP contribution is -2.38. The molecule has 0 heterocycles. The summed E-state index contributed by atoms with van der Waals surface area (Å²) in [6, 6.07) is 1.14. The number of halogens is 3. The number of rotatable bonds is 4. The minimum atomic E-state index is -1.71. The minimum Gasteiger partial charge on any atom is -0.444 e. The number of hydrogen-bond donors (Lipinski definition) is 3. The van der Waals surface area contributed by atoms with Crippen LogP contribution in [0.2, 0.25) is 0 Å². The second kappa shape index (κ2) is 6.97. The molecular weight excluding hydrogens is 303 g/mol. The first-order valence-corrected chi connectivity index (χ1v) is 6.48. The summed E-state index contributed by atoms with van der Waals surface area (Å²) in [4.78, 5) is 11.4. The molecule has 0 aliphatic carbocycles. The van der Waals surface area contributed by atoms with Gasteiger partial charge in [0.1, 0.15) is 17.8 Å². The molecule has 0 fully saturated rings. The molecule has 1 aromatic carbocycles. The van der Waals surface area contributed by atoms with Crippen molar-refractivity contribution < 1.29 is 32.9 Å². The molecule has 0 spiro atoms. The molecule has 0 aliphatic rings. The average Bonchev–Trinajstić information content (AvgIpc) is 2.38. The van der Waals surface area contributed by atoms with Crippen molar-refractivity contribution in [2.24, 2.45) is 0 Å². The van der Waals surface area contributed by atoms with Gasteiger partial charge < -0.3 is 20.3 Å². The largest absolute Gasteiger partial charge is 0.444 e. The first kappa shape index (κ1) is 18.2. The van der Waals surface area contributed by atoms with Crippen molar-refractivity contribution in [1.29, 1.82) is 0 Å². The maximum absolute atomic E-state index is 13.1. The monoisotopic (exact) mass is 321 g/mol. The summed E-state index contributed by atoms with van der Waals surface area (Å²) in [5, 5.41) is 21.7. The van der Waals surface area contributed by atoms with E-state index in [4.69, 9.17) is 4.74 Å². The first-order chi connectivity index (χ1) is 10.0. The van der Waals surface area contributed by atoms with Crippen LogP contribution < -0.4 is 5.32 Å².